The standard InChI is InChI=1S/C17H31N3O2S.HI/c1-4-18-17(19-10-5-6-12-22-14-13-21-3)20(2)11-9-16-8-7-15-23-16;/h7-8,15H,4-6,9-14H2,1-3H3,(H,18,19);1H. The zero-order chi connectivity index (χ0) is 16.8. The molecule has 1 N–H and O–H groups in total. The summed E-state index contributed by atoms with van der Waals surface area (Å²) in [7, 11) is 3.79. The van der Waals surface area contributed by atoms with Crippen molar-refractivity contribution in [2.45, 2.75) is 26.2 Å². The lowest BCUT2D eigenvalue weighted by Crippen LogP contribution is -2.40. The first-order valence-corrected chi connectivity index (χ1v) is 9.24. The van der Waals surface area contributed by atoms with Crippen LogP contribution in [0.15, 0.2) is 22.5 Å². The molecule has 140 valence electrons. The maximum atomic E-state index is 5.46. The third kappa shape index (κ3) is 11.2. The minimum absolute atomic E-state index is 0. The molecule has 1 heterocycles. The Morgan fingerprint density at radius 3 is 2.79 bits per heavy atom. The molecule has 0 saturated heterocycles. The van der Waals surface area contributed by atoms with E-state index in [1.54, 1.807) is 7.11 Å². The number of ether oxygens (including phenoxy) is 2. The summed E-state index contributed by atoms with van der Waals surface area (Å²) in [4.78, 5) is 8.33. The summed E-state index contributed by atoms with van der Waals surface area (Å²) in [5.74, 6) is 0.990. The number of halogens is 1. The van der Waals surface area contributed by atoms with E-state index in [4.69, 9.17) is 14.5 Å². The Balaban J connectivity index is 0.00000529. The van der Waals surface area contributed by atoms with Crippen molar-refractivity contribution in [2.75, 3.05) is 53.6 Å². The number of thiophene rings is 1. The van der Waals surface area contributed by atoms with E-state index >= 15 is 0 Å². The van der Waals surface area contributed by atoms with Crippen molar-refractivity contribution in [3.05, 3.63) is 22.4 Å². The van der Waals surface area contributed by atoms with Gasteiger partial charge in [0, 0.05) is 45.3 Å². The minimum Gasteiger partial charge on any atom is -0.382 e. The van der Waals surface area contributed by atoms with Crippen LogP contribution in [-0.2, 0) is 15.9 Å². The summed E-state index contributed by atoms with van der Waals surface area (Å²) in [6.45, 7) is 6.93. The van der Waals surface area contributed by atoms with Crippen LogP contribution < -0.4 is 5.32 Å². The second-order valence-corrected chi connectivity index (χ2v) is 6.33. The highest BCUT2D eigenvalue weighted by atomic mass is 127. The maximum Gasteiger partial charge on any atom is 0.193 e. The van der Waals surface area contributed by atoms with E-state index in [1.165, 1.54) is 4.88 Å². The summed E-state index contributed by atoms with van der Waals surface area (Å²) >= 11 is 1.81. The largest absolute Gasteiger partial charge is 0.382 e. The lowest BCUT2D eigenvalue weighted by Gasteiger charge is -2.21. The summed E-state index contributed by atoms with van der Waals surface area (Å²) < 4.78 is 10.4. The van der Waals surface area contributed by atoms with Crippen molar-refractivity contribution < 1.29 is 9.47 Å². The Bertz CT molecular complexity index is 416. The van der Waals surface area contributed by atoms with Crippen molar-refractivity contribution in [1.82, 2.24) is 10.2 Å². The van der Waals surface area contributed by atoms with E-state index in [9.17, 15) is 0 Å². The zero-order valence-electron chi connectivity index (χ0n) is 15.1. The molecular weight excluding hydrogens is 437 g/mol. The molecule has 7 heteroatoms. The highest BCUT2D eigenvalue weighted by molar-refractivity contribution is 14.0. The van der Waals surface area contributed by atoms with Crippen LogP contribution in [0.4, 0.5) is 0 Å². The van der Waals surface area contributed by atoms with Crippen LogP contribution in [0.3, 0.4) is 0 Å². The predicted octanol–water partition coefficient (Wildman–Crippen LogP) is 3.25. The SMILES string of the molecule is CCNC(=NCCCCOCCOC)N(C)CCc1cccs1.I. The number of likely N-dealkylation sites (N-methyl/N-ethyl adjacent to an activating group) is 1. The number of aliphatic imine (C=N–C) groups is 1. The van der Waals surface area contributed by atoms with Crippen molar-refractivity contribution in [2.24, 2.45) is 4.99 Å². The molecule has 0 spiro atoms. The van der Waals surface area contributed by atoms with Gasteiger partial charge in [-0.1, -0.05) is 6.07 Å². The molecule has 0 aliphatic heterocycles. The predicted molar refractivity (Wildman–Crippen MR) is 114 cm³/mol. The summed E-state index contributed by atoms with van der Waals surface area (Å²) in [6, 6.07) is 4.29. The average molecular weight is 469 g/mol. The molecule has 0 aromatic carbocycles. The van der Waals surface area contributed by atoms with E-state index in [-0.39, 0.29) is 24.0 Å². The van der Waals surface area contributed by atoms with E-state index in [0.717, 1.165) is 51.5 Å². The van der Waals surface area contributed by atoms with Crippen molar-refractivity contribution in [3.63, 3.8) is 0 Å². The number of unbranched alkanes of at least 4 members (excludes halogenated alkanes) is 1. The number of nitrogens with zero attached hydrogens (tertiary/aromatic N) is 2. The van der Waals surface area contributed by atoms with Gasteiger partial charge in [-0.2, -0.15) is 0 Å². The van der Waals surface area contributed by atoms with Crippen LogP contribution >= 0.6 is 35.3 Å². The smallest absolute Gasteiger partial charge is 0.193 e. The molecule has 1 rings (SSSR count). The Morgan fingerprint density at radius 1 is 1.29 bits per heavy atom. The molecule has 0 amide bonds. The summed E-state index contributed by atoms with van der Waals surface area (Å²) in [5, 5.41) is 5.49. The van der Waals surface area contributed by atoms with Crippen LogP contribution in [0.25, 0.3) is 0 Å². The molecule has 5 nitrogen and oxygen atoms in total. The van der Waals surface area contributed by atoms with Crippen LogP contribution in [0, 0.1) is 0 Å². The van der Waals surface area contributed by atoms with Gasteiger partial charge in [0.1, 0.15) is 0 Å². The van der Waals surface area contributed by atoms with Gasteiger partial charge in [0.15, 0.2) is 5.96 Å². The van der Waals surface area contributed by atoms with E-state index in [0.29, 0.717) is 13.2 Å². The first-order chi connectivity index (χ1) is 11.3. The minimum atomic E-state index is 0. The first kappa shape index (κ1) is 23.6. The van der Waals surface area contributed by atoms with Crippen LogP contribution in [0.1, 0.15) is 24.6 Å². The highest BCUT2D eigenvalue weighted by Gasteiger charge is 2.05. The van der Waals surface area contributed by atoms with Crippen LogP contribution in [0.2, 0.25) is 0 Å². The fourth-order valence-electron chi connectivity index (χ4n) is 2.05. The Morgan fingerprint density at radius 2 is 2.12 bits per heavy atom. The third-order valence-corrected chi connectivity index (χ3v) is 4.30. The molecule has 24 heavy (non-hydrogen) atoms. The monoisotopic (exact) mass is 469 g/mol. The fraction of sp³-hybridized carbons (Fsp3) is 0.706. The van der Waals surface area contributed by atoms with Gasteiger partial charge in [-0.15, -0.1) is 35.3 Å². The van der Waals surface area contributed by atoms with Crippen molar-refractivity contribution in [1.29, 1.82) is 0 Å². The Labute approximate surface area is 167 Å². The lowest BCUT2D eigenvalue weighted by atomic mass is 10.3. The van der Waals surface area contributed by atoms with Crippen LogP contribution in [0.5, 0.6) is 0 Å². The molecule has 0 aliphatic carbocycles. The molecule has 0 saturated carbocycles. The van der Waals surface area contributed by atoms with E-state index in [2.05, 4.69) is 41.7 Å². The molecule has 0 atom stereocenters. The Kier molecular flexibility index (Phi) is 15.9. The highest BCUT2D eigenvalue weighted by Crippen LogP contribution is 2.09. The molecule has 0 radical (unpaired) electrons. The lowest BCUT2D eigenvalue weighted by molar-refractivity contribution is 0.0690. The first-order valence-electron chi connectivity index (χ1n) is 8.36. The van der Waals surface area contributed by atoms with Gasteiger partial charge >= 0.3 is 0 Å². The van der Waals surface area contributed by atoms with Crippen molar-refractivity contribution >= 4 is 41.3 Å². The molecule has 0 unspecified atom stereocenters. The molecule has 1 aromatic rings. The molecule has 0 aliphatic rings. The van der Waals surface area contributed by atoms with E-state index in [1.807, 2.05) is 11.3 Å². The number of hydrogen-bond acceptors (Lipinski definition) is 4. The van der Waals surface area contributed by atoms with Crippen LogP contribution in [-0.4, -0.2) is 64.5 Å². The van der Waals surface area contributed by atoms with Gasteiger partial charge in [0.25, 0.3) is 0 Å². The summed E-state index contributed by atoms with van der Waals surface area (Å²) in [6.07, 6.45) is 3.14. The van der Waals surface area contributed by atoms with Gasteiger partial charge in [-0.05, 0) is 37.6 Å². The third-order valence-electron chi connectivity index (χ3n) is 3.36. The Hall–Kier alpha value is -0.380. The van der Waals surface area contributed by atoms with E-state index < -0.39 is 0 Å². The zero-order valence-corrected chi connectivity index (χ0v) is 18.3. The average Bonchev–Trinajstić information content (AvgIpc) is 3.07. The second kappa shape index (κ2) is 16.1. The molecule has 0 bridgehead atoms. The van der Waals surface area contributed by atoms with Gasteiger partial charge in [0.05, 0.1) is 13.2 Å². The molecule has 0 fully saturated rings. The number of hydrogen-bond donors (Lipinski definition) is 1. The summed E-state index contributed by atoms with van der Waals surface area (Å²) in [5.41, 5.74) is 0. The topological polar surface area (TPSA) is 46.1 Å². The van der Waals surface area contributed by atoms with Crippen molar-refractivity contribution in [3.8, 4) is 0 Å². The van der Waals surface area contributed by atoms with Gasteiger partial charge in [-0.25, -0.2) is 0 Å². The number of methoxy groups -OCH3 is 1. The maximum absolute atomic E-state index is 5.46. The number of guanidine groups is 1. The second-order valence-electron chi connectivity index (χ2n) is 5.30. The van der Waals surface area contributed by atoms with Gasteiger partial charge in [0.2, 0.25) is 0 Å². The fourth-order valence-corrected chi connectivity index (χ4v) is 2.75. The van der Waals surface area contributed by atoms with Gasteiger partial charge in [-0.3, -0.25) is 4.99 Å². The normalized spacial score (nSPS) is 11.2. The van der Waals surface area contributed by atoms with Gasteiger partial charge < -0.3 is 19.7 Å². The molecular formula is C17H32IN3O2S. The number of rotatable bonds is 12. The molecule has 1 aromatic heterocycles. The quantitative estimate of drug-likeness (QED) is 0.221. The number of nitrogens with one attached hydrogen (secondary N) is 1.